The Morgan fingerprint density at radius 2 is 2.83 bits per heavy atom. The van der Waals surface area contributed by atoms with E-state index in [0.29, 0.717) is 0 Å². The van der Waals surface area contributed by atoms with E-state index in [2.05, 4.69) is 27.7 Å². The molecule has 32 valence electrons. The highest BCUT2D eigenvalue weighted by Crippen LogP contribution is 2.05. The van der Waals surface area contributed by atoms with Gasteiger partial charge >= 0.3 is 0 Å². The summed E-state index contributed by atoms with van der Waals surface area (Å²) in [4.78, 5) is 0. The van der Waals surface area contributed by atoms with E-state index in [4.69, 9.17) is 0 Å². The molecule has 6 heavy (non-hydrogen) atoms. The molecule has 0 aromatic carbocycles. The topological polar surface area (TPSA) is 12.0 Å². The van der Waals surface area contributed by atoms with Crippen LogP contribution in [0.1, 0.15) is 0 Å². The molecule has 0 saturated carbocycles. The van der Waals surface area contributed by atoms with Gasteiger partial charge in [0, 0.05) is 13.0 Å². The second-order valence-corrected chi connectivity index (χ2v) is 1.90. The molecule has 0 saturated heterocycles. The first-order valence-electron chi connectivity index (χ1n) is 1.72. The molecule has 0 fully saturated rings. The third-order valence-electron chi connectivity index (χ3n) is 0.588. The summed E-state index contributed by atoms with van der Waals surface area (Å²) >= 11 is 3.23. The molecule has 0 amide bonds. The van der Waals surface area contributed by atoms with Crippen LogP contribution in [-0.2, 0) is 0 Å². The van der Waals surface area contributed by atoms with Gasteiger partial charge in [-0.15, -0.1) is 0 Å². The van der Waals surface area contributed by atoms with Crippen molar-refractivity contribution in [2.24, 2.45) is 0 Å². The Balaban J connectivity index is 2.45. The Hall–Kier alpha value is 0.0200. The second kappa shape index (κ2) is 1.65. The van der Waals surface area contributed by atoms with Crippen molar-refractivity contribution in [2.75, 3.05) is 6.54 Å². The van der Waals surface area contributed by atoms with E-state index in [1.807, 2.05) is 6.08 Å². The molecule has 2 heteroatoms. The van der Waals surface area contributed by atoms with Gasteiger partial charge in [-0.3, -0.25) is 0 Å². The summed E-state index contributed by atoms with van der Waals surface area (Å²) in [6.07, 6.45) is 4.83. The Morgan fingerprint density at radius 3 is 3.00 bits per heavy atom. The second-order valence-electron chi connectivity index (χ2n) is 1.05. The number of hydrogen-bond donors (Lipinski definition) is 1. The molecule has 2 radical (unpaired) electrons. The molecular formula is C4H4BrN. The Morgan fingerprint density at radius 1 is 2.00 bits per heavy atom. The van der Waals surface area contributed by atoms with Crippen molar-refractivity contribution in [1.29, 1.82) is 0 Å². The van der Waals surface area contributed by atoms with Gasteiger partial charge in [0.2, 0.25) is 0 Å². The maximum atomic E-state index is 3.23. The van der Waals surface area contributed by atoms with Crippen LogP contribution in [0.2, 0.25) is 0 Å². The number of rotatable bonds is 0. The largest absolute Gasteiger partial charge is 0.379 e. The van der Waals surface area contributed by atoms with E-state index in [1.54, 1.807) is 0 Å². The minimum absolute atomic E-state index is 0.848. The molecule has 1 heterocycles. The van der Waals surface area contributed by atoms with E-state index in [-0.39, 0.29) is 0 Å². The highest BCUT2D eigenvalue weighted by atomic mass is 79.9. The Labute approximate surface area is 45.6 Å². The summed E-state index contributed by atoms with van der Waals surface area (Å²) in [5.74, 6) is 0. The van der Waals surface area contributed by atoms with Crippen LogP contribution in [0.25, 0.3) is 0 Å². The van der Waals surface area contributed by atoms with Gasteiger partial charge < -0.3 is 5.32 Å². The molecule has 1 nitrogen and oxygen atoms in total. The number of halogens is 1. The van der Waals surface area contributed by atoms with E-state index in [0.717, 1.165) is 11.2 Å². The lowest BCUT2D eigenvalue weighted by Crippen LogP contribution is -2.01. The SMILES string of the molecule is BrC1=C[C]CN1. The predicted octanol–water partition coefficient (Wildman–Crippen LogP) is 0.907. The summed E-state index contributed by atoms with van der Waals surface area (Å²) < 4.78 is 1.03. The zero-order valence-corrected chi connectivity index (χ0v) is 4.75. The monoisotopic (exact) mass is 145 g/mol. The summed E-state index contributed by atoms with van der Waals surface area (Å²) in [5.41, 5.74) is 0. The van der Waals surface area contributed by atoms with Crippen LogP contribution in [0.5, 0.6) is 0 Å². The maximum absolute atomic E-state index is 3.23. The summed E-state index contributed by atoms with van der Waals surface area (Å²) in [7, 11) is 0. The lowest BCUT2D eigenvalue weighted by atomic mass is 10.5. The first-order chi connectivity index (χ1) is 2.89. The van der Waals surface area contributed by atoms with Crippen LogP contribution >= 0.6 is 15.9 Å². The van der Waals surface area contributed by atoms with Crippen molar-refractivity contribution in [1.82, 2.24) is 5.32 Å². The summed E-state index contributed by atoms with van der Waals surface area (Å²) in [6, 6.07) is 0. The zero-order valence-electron chi connectivity index (χ0n) is 3.16. The normalized spacial score (nSPS) is 19.8. The lowest BCUT2D eigenvalue weighted by molar-refractivity contribution is 0.994. The molecule has 1 aliphatic heterocycles. The average molecular weight is 146 g/mol. The molecule has 1 N–H and O–H groups in total. The van der Waals surface area contributed by atoms with Gasteiger partial charge in [-0.1, -0.05) is 0 Å². The van der Waals surface area contributed by atoms with Crippen molar-refractivity contribution in [3.63, 3.8) is 0 Å². The molecule has 0 aromatic heterocycles. The highest BCUT2D eigenvalue weighted by Gasteiger charge is 1.95. The van der Waals surface area contributed by atoms with Crippen LogP contribution < -0.4 is 5.32 Å². The molecular weight excluding hydrogens is 142 g/mol. The van der Waals surface area contributed by atoms with Crippen LogP contribution in [0.15, 0.2) is 10.7 Å². The molecule has 0 unspecified atom stereocenters. The number of nitrogens with one attached hydrogen (secondary N) is 1. The molecule has 0 spiro atoms. The zero-order chi connectivity index (χ0) is 4.41. The third-order valence-corrected chi connectivity index (χ3v) is 1.10. The fourth-order valence-corrected chi connectivity index (χ4v) is 0.629. The molecule has 0 bridgehead atoms. The van der Waals surface area contributed by atoms with Crippen molar-refractivity contribution in [2.45, 2.75) is 0 Å². The fraction of sp³-hybridized carbons (Fsp3) is 0.250. The van der Waals surface area contributed by atoms with E-state index >= 15 is 0 Å². The average Bonchev–Trinajstić information content (AvgIpc) is 1.86. The molecule has 1 aliphatic rings. The van der Waals surface area contributed by atoms with E-state index in [9.17, 15) is 0 Å². The minimum Gasteiger partial charge on any atom is -0.379 e. The standard InChI is InChI=1S/C4H4BrN/c5-4-2-1-3-6-4/h2,6H,3H2. The van der Waals surface area contributed by atoms with Crippen molar-refractivity contribution >= 4 is 15.9 Å². The quantitative estimate of drug-likeness (QED) is 0.500. The fourth-order valence-electron chi connectivity index (χ4n) is 0.327. The summed E-state index contributed by atoms with van der Waals surface area (Å²) in [5, 5.41) is 2.99. The first kappa shape index (κ1) is 4.19. The van der Waals surface area contributed by atoms with Crippen LogP contribution in [0.3, 0.4) is 0 Å². The Bertz CT molecular complexity index is 77.6. The molecule has 1 rings (SSSR count). The van der Waals surface area contributed by atoms with Gasteiger partial charge in [0.25, 0.3) is 0 Å². The van der Waals surface area contributed by atoms with Gasteiger partial charge in [-0.05, 0) is 22.0 Å². The van der Waals surface area contributed by atoms with Crippen LogP contribution in [0.4, 0.5) is 0 Å². The molecule has 0 aromatic rings. The van der Waals surface area contributed by atoms with E-state index in [1.165, 1.54) is 0 Å². The molecule has 0 aliphatic carbocycles. The van der Waals surface area contributed by atoms with Gasteiger partial charge in [0.05, 0.1) is 4.61 Å². The number of hydrogen-bond acceptors (Lipinski definition) is 1. The lowest BCUT2D eigenvalue weighted by Gasteiger charge is -1.86. The van der Waals surface area contributed by atoms with Crippen molar-refractivity contribution in [3.05, 3.63) is 17.1 Å². The first-order valence-corrected chi connectivity index (χ1v) is 2.52. The third kappa shape index (κ3) is 0.744. The smallest absolute Gasteiger partial charge is 0.0746 e. The van der Waals surface area contributed by atoms with Gasteiger partial charge in [0.15, 0.2) is 0 Å². The highest BCUT2D eigenvalue weighted by molar-refractivity contribution is 9.11. The predicted molar refractivity (Wildman–Crippen MR) is 28.3 cm³/mol. The van der Waals surface area contributed by atoms with Crippen LogP contribution in [0, 0.1) is 6.42 Å². The maximum Gasteiger partial charge on any atom is 0.0746 e. The Kier molecular flexibility index (Phi) is 1.15. The van der Waals surface area contributed by atoms with Gasteiger partial charge in [-0.25, -0.2) is 0 Å². The minimum atomic E-state index is 0.848. The van der Waals surface area contributed by atoms with Crippen molar-refractivity contribution < 1.29 is 0 Å². The van der Waals surface area contributed by atoms with Gasteiger partial charge in [0.1, 0.15) is 0 Å². The van der Waals surface area contributed by atoms with Crippen LogP contribution in [-0.4, -0.2) is 6.54 Å². The van der Waals surface area contributed by atoms with Gasteiger partial charge in [-0.2, -0.15) is 0 Å². The summed E-state index contributed by atoms with van der Waals surface area (Å²) in [6.45, 7) is 0.848. The molecule has 0 atom stereocenters. The van der Waals surface area contributed by atoms with E-state index < -0.39 is 0 Å². The van der Waals surface area contributed by atoms with Crippen molar-refractivity contribution in [3.8, 4) is 0 Å².